The average molecular weight is 370 g/mol. The smallest absolute Gasteiger partial charge is 0.312 e. The Bertz CT molecular complexity index is 1060. The van der Waals surface area contributed by atoms with Gasteiger partial charge in [0.15, 0.2) is 12.2 Å². The Kier molecular flexibility index (Phi) is 4.37. The van der Waals surface area contributed by atoms with E-state index in [1.807, 2.05) is 18.2 Å². The number of halogens is 1. The number of para-hydroxylation sites is 1. The first-order valence-electron chi connectivity index (χ1n) is 7.76. The number of aromatic nitrogens is 3. The summed E-state index contributed by atoms with van der Waals surface area (Å²) in [5.74, 6) is 0.0683. The molecule has 0 unspecified atom stereocenters. The molecule has 4 aromatic rings. The number of esters is 1. The highest BCUT2D eigenvalue weighted by atomic mass is 35.5. The summed E-state index contributed by atoms with van der Waals surface area (Å²) in [6.07, 6.45) is -0.00477. The summed E-state index contributed by atoms with van der Waals surface area (Å²) >= 11 is 5.85. The van der Waals surface area contributed by atoms with Gasteiger partial charge in [-0.1, -0.05) is 28.9 Å². The second-order valence-electron chi connectivity index (χ2n) is 5.47. The molecule has 0 saturated carbocycles. The Balaban J connectivity index is 1.38. The summed E-state index contributed by atoms with van der Waals surface area (Å²) < 4.78 is 15.8. The van der Waals surface area contributed by atoms with Crippen LogP contribution in [0, 0.1) is 0 Å². The van der Waals surface area contributed by atoms with Gasteiger partial charge in [0.05, 0.1) is 6.42 Å². The first-order chi connectivity index (χ1) is 12.7. The number of rotatable bonds is 5. The molecule has 0 spiro atoms. The van der Waals surface area contributed by atoms with Crippen molar-refractivity contribution in [3.05, 3.63) is 65.1 Å². The van der Waals surface area contributed by atoms with Crippen molar-refractivity contribution in [3.8, 4) is 11.5 Å². The van der Waals surface area contributed by atoms with Crippen LogP contribution in [0.25, 0.3) is 22.4 Å². The van der Waals surface area contributed by atoms with Crippen LogP contribution in [0.15, 0.2) is 57.5 Å². The van der Waals surface area contributed by atoms with Crippen LogP contribution in [-0.2, 0) is 22.6 Å². The zero-order chi connectivity index (χ0) is 17.9. The van der Waals surface area contributed by atoms with Crippen LogP contribution < -0.4 is 0 Å². The van der Waals surface area contributed by atoms with Gasteiger partial charge in [0, 0.05) is 16.0 Å². The van der Waals surface area contributed by atoms with Crippen LogP contribution in [-0.4, -0.2) is 21.3 Å². The van der Waals surface area contributed by atoms with Crippen LogP contribution in [0.4, 0.5) is 0 Å². The quantitative estimate of drug-likeness (QED) is 0.494. The average Bonchev–Trinajstić information content (AvgIpc) is 3.28. The fourth-order valence-corrected chi connectivity index (χ4v) is 2.54. The van der Waals surface area contributed by atoms with E-state index in [0.717, 1.165) is 10.9 Å². The summed E-state index contributed by atoms with van der Waals surface area (Å²) in [6, 6.07) is 14.3. The largest absolute Gasteiger partial charge is 0.455 e. The van der Waals surface area contributed by atoms with E-state index in [2.05, 4.69) is 15.4 Å². The van der Waals surface area contributed by atoms with Crippen molar-refractivity contribution in [1.29, 1.82) is 0 Å². The monoisotopic (exact) mass is 369 g/mol. The van der Waals surface area contributed by atoms with E-state index in [4.69, 9.17) is 25.3 Å². The molecule has 0 aliphatic rings. The minimum absolute atomic E-state index is 0.00477. The molecule has 0 radical (unpaired) electrons. The van der Waals surface area contributed by atoms with E-state index >= 15 is 0 Å². The Morgan fingerprint density at radius 1 is 1.08 bits per heavy atom. The minimum atomic E-state index is -0.463. The Hall–Kier alpha value is -3.19. The van der Waals surface area contributed by atoms with Crippen LogP contribution >= 0.6 is 11.6 Å². The maximum atomic E-state index is 12.0. The molecule has 7 nitrogen and oxygen atoms in total. The van der Waals surface area contributed by atoms with E-state index in [9.17, 15) is 4.79 Å². The molecule has 0 aliphatic heterocycles. The molecule has 0 N–H and O–H groups in total. The van der Waals surface area contributed by atoms with Crippen LogP contribution in [0.3, 0.4) is 0 Å². The first-order valence-corrected chi connectivity index (χ1v) is 8.14. The third kappa shape index (κ3) is 3.43. The second-order valence-corrected chi connectivity index (χ2v) is 5.91. The van der Waals surface area contributed by atoms with Crippen LogP contribution in [0.1, 0.15) is 11.6 Å². The van der Waals surface area contributed by atoms with Gasteiger partial charge in [0.1, 0.15) is 5.69 Å². The third-order valence-electron chi connectivity index (χ3n) is 3.68. The lowest BCUT2D eigenvalue weighted by Gasteiger charge is -2.00. The third-order valence-corrected chi connectivity index (χ3v) is 3.93. The Morgan fingerprint density at radius 2 is 1.88 bits per heavy atom. The lowest BCUT2D eigenvalue weighted by Crippen LogP contribution is -2.08. The predicted octanol–water partition coefficient (Wildman–Crippen LogP) is 3.82. The molecule has 2 heterocycles. The van der Waals surface area contributed by atoms with Crippen LogP contribution in [0.2, 0.25) is 5.02 Å². The van der Waals surface area contributed by atoms with Gasteiger partial charge >= 0.3 is 5.97 Å². The molecule has 0 amide bonds. The van der Waals surface area contributed by atoms with Crippen LogP contribution in [0.5, 0.6) is 0 Å². The fourth-order valence-electron chi connectivity index (χ4n) is 2.42. The highest BCUT2D eigenvalue weighted by molar-refractivity contribution is 6.30. The fraction of sp³-hybridized carbons (Fsp3) is 0.111. The topological polar surface area (TPSA) is 91.2 Å². The molecule has 8 heteroatoms. The molecule has 2 aromatic heterocycles. The summed E-state index contributed by atoms with van der Waals surface area (Å²) in [6.45, 7) is -0.116. The van der Waals surface area contributed by atoms with E-state index in [-0.39, 0.29) is 18.9 Å². The molecule has 0 aliphatic carbocycles. The van der Waals surface area contributed by atoms with Crippen molar-refractivity contribution >= 4 is 28.5 Å². The summed E-state index contributed by atoms with van der Waals surface area (Å²) in [5, 5.41) is 13.1. The van der Waals surface area contributed by atoms with Crippen molar-refractivity contribution in [1.82, 2.24) is 15.4 Å². The van der Waals surface area contributed by atoms with Gasteiger partial charge in [0.2, 0.25) is 5.89 Å². The van der Waals surface area contributed by atoms with Crippen molar-refractivity contribution in [2.24, 2.45) is 0 Å². The zero-order valence-electron chi connectivity index (χ0n) is 13.4. The lowest BCUT2D eigenvalue weighted by molar-refractivity contribution is -0.144. The normalized spacial score (nSPS) is 11.0. The Labute approximate surface area is 152 Å². The van der Waals surface area contributed by atoms with Gasteiger partial charge in [-0.25, -0.2) is 0 Å². The number of carbonyl (C=O) groups excluding carboxylic acids is 1. The first kappa shape index (κ1) is 16.3. The number of carbonyl (C=O) groups is 1. The van der Waals surface area contributed by atoms with Gasteiger partial charge in [0.25, 0.3) is 5.89 Å². The van der Waals surface area contributed by atoms with Crippen molar-refractivity contribution in [2.75, 3.05) is 0 Å². The van der Waals surface area contributed by atoms with Gasteiger partial charge in [-0.2, -0.15) is 0 Å². The summed E-state index contributed by atoms with van der Waals surface area (Å²) in [5.41, 5.74) is 1.88. The van der Waals surface area contributed by atoms with E-state index in [1.165, 1.54) is 0 Å². The molecular weight excluding hydrogens is 358 g/mol. The highest BCUT2D eigenvalue weighted by Crippen LogP contribution is 2.21. The van der Waals surface area contributed by atoms with Gasteiger partial charge in [-0.15, -0.1) is 10.2 Å². The molecule has 4 rings (SSSR count). The van der Waals surface area contributed by atoms with Crippen molar-refractivity contribution in [3.63, 3.8) is 0 Å². The van der Waals surface area contributed by atoms with E-state index < -0.39 is 5.97 Å². The number of nitrogens with zero attached hydrogens (tertiary/aromatic N) is 3. The summed E-state index contributed by atoms with van der Waals surface area (Å²) in [7, 11) is 0. The lowest BCUT2D eigenvalue weighted by atomic mass is 10.2. The molecule has 130 valence electrons. The summed E-state index contributed by atoms with van der Waals surface area (Å²) in [4.78, 5) is 12.0. The maximum absolute atomic E-state index is 12.0. The molecule has 0 saturated heterocycles. The van der Waals surface area contributed by atoms with E-state index in [1.54, 1.807) is 30.3 Å². The number of hydrogen-bond donors (Lipinski definition) is 0. The highest BCUT2D eigenvalue weighted by Gasteiger charge is 2.15. The van der Waals surface area contributed by atoms with Crippen molar-refractivity contribution in [2.45, 2.75) is 13.0 Å². The maximum Gasteiger partial charge on any atom is 0.312 e. The number of ether oxygens (including phenoxy) is 1. The number of benzene rings is 2. The van der Waals surface area contributed by atoms with E-state index in [0.29, 0.717) is 22.2 Å². The molecule has 26 heavy (non-hydrogen) atoms. The minimum Gasteiger partial charge on any atom is -0.455 e. The zero-order valence-corrected chi connectivity index (χ0v) is 14.1. The SMILES string of the molecule is O=C(Cc1noc2ccccc12)OCc1nnc(-c2ccc(Cl)cc2)o1. The standard InChI is InChI=1S/C18H12ClN3O4/c19-12-7-5-11(6-8-12)18-21-20-16(25-18)10-24-17(23)9-14-13-3-1-2-4-15(13)26-22-14/h1-8H,9-10H2. The molecular formula is C18H12ClN3O4. The number of hydrogen-bond acceptors (Lipinski definition) is 7. The van der Waals surface area contributed by atoms with Crippen molar-refractivity contribution < 1.29 is 18.5 Å². The van der Waals surface area contributed by atoms with Gasteiger partial charge < -0.3 is 13.7 Å². The second kappa shape index (κ2) is 6.97. The molecule has 0 bridgehead atoms. The molecule has 0 fully saturated rings. The Morgan fingerprint density at radius 3 is 2.73 bits per heavy atom. The van der Waals surface area contributed by atoms with Gasteiger partial charge in [-0.3, -0.25) is 4.79 Å². The molecule has 0 atom stereocenters. The number of fused-ring (bicyclic) bond motifs is 1. The predicted molar refractivity (Wildman–Crippen MR) is 92.3 cm³/mol. The van der Waals surface area contributed by atoms with Gasteiger partial charge in [-0.05, 0) is 36.4 Å². The molecule has 2 aromatic carbocycles.